The van der Waals surface area contributed by atoms with Crippen molar-refractivity contribution in [3.63, 3.8) is 0 Å². The summed E-state index contributed by atoms with van der Waals surface area (Å²) in [7, 11) is 0. The van der Waals surface area contributed by atoms with Crippen LogP contribution in [-0.2, 0) is 4.79 Å². The van der Waals surface area contributed by atoms with Gasteiger partial charge < -0.3 is 15.1 Å². The van der Waals surface area contributed by atoms with E-state index >= 15 is 0 Å². The number of thioether (sulfide) groups is 1. The molecule has 1 aromatic carbocycles. The largest absolute Gasteiger partial charge is 0.459 e. The van der Waals surface area contributed by atoms with Gasteiger partial charge in [0.1, 0.15) is 6.04 Å². The molecular weight excluding hydrogens is 312 g/mol. The van der Waals surface area contributed by atoms with Crippen LogP contribution in [0, 0.1) is 6.92 Å². The van der Waals surface area contributed by atoms with E-state index in [1.54, 1.807) is 23.9 Å². The van der Waals surface area contributed by atoms with E-state index in [1.807, 2.05) is 37.4 Å². The first-order valence-electron chi connectivity index (χ1n) is 7.31. The van der Waals surface area contributed by atoms with Crippen molar-refractivity contribution in [1.82, 2.24) is 5.32 Å². The minimum Gasteiger partial charge on any atom is -0.459 e. The van der Waals surface area contributed by atoms with Gasteiger partial charge in [0, 0.05) is 5.69 Å². The smallest absolute Gasteiger partial charge is 0.287 e. The highest BCUT2D eigenvalue weighted by molar-refractivity contribution is 7.98. The Morgan fingerprint density at radius 2 is 2.09 bits per heavy atom. The summed E-state index contributed by atoms with van der Waals surface area (Å²) in [6.07, 6.45) is 3.94. The SMILES string of the molecule is CSCC[C@H](NC(=O)c1ccco1)C(=O)Nc1cccc(C)c1. The lowest BCUT2D eigenvalue weighted by Crippen LogP contribution is -2.44. The van der Waals surface area contributed by atoms with Gasteiger partial charge in [0.15, 0.2) is 5.76 Å². The van der Waals surface area contributed by atoms with Crippen molar-refractivity contribution < 1.29 is 14.0 Å². The maximum atomic E-state index is 12.5. The molecule has 5 nitrogen and oxygen atoms in total. The van der Waals surface area contributed by atoms with Gasteiger partial charge in [-0.15, -0.1) is 0 Å². The fourth-order valence-corrected chi connectivity index (χ4v) is 2.57. The van der Waals surface area contributed by atoms with Crippen LogP contribution >= 0.6 is 11.8 Å². The quantitative estimate of drug-likeness (QED) is 0.817. The highest BCUT2D eigenvalue weighted by Crippen LogP contribution is 2.12. The predicted octanol–water partition coefficient (Wildman–Crippen LogP) is 3.08. The van der Waals surface area contributed by atoms with Crippen molar-refractivity contribution in [2.45, 2.75) is 19.4 Å². The summed E-state index contributed by atoms with van der Waals surface area (Å²) in [5.41, 5.74) is 1.78. The Kier molecular flexibility index (Phi) is 6.29. The van der Waals surface area contributed by atoms with E-state index in [0.29, 0.717) is 6.42 Å². The minimum atomic E-state index is -0.611. The van der Waals surface area contributed by atoms with Gasteiger partial charge in [0.05, 0.1) is 6.26 Å². The summed E-state index contributed by atoms with van der Waals surface area (Å²) >= 11 is 1.63. The molecule has 0 radical (unpaired) electrons. The molecule has 0 saturated heterocycles. The second-order valence-electron chi connectivity index (χ2n) is 5.14. The van der Waals surface area contributed by atoms with E-state index in [9.17, 15) is 9.59 Å². The molecule has 0 aliphatic carbocycles. The first kappa shape index (κ1) is 17.1. The van der Waals surface area contributed by atoms with Crippen molar-refractivity contribution in [3.05, 3.63) is 54.0 Å². The molecule has 0 unspecified atom stereocenters. The number of benzene rings is 1. The fourth-order valence-electron chi connectivity index (χ4n) is 2.09. The van der Waals surface area contributed by atoms with E-state index in [2.05, 4.69) is 10.6 Å². The minimum absolute atomic E-state index is 0.197. The molecule has 0 aliphatic rings. The number of aryl methyl sites for hydroxylation is 1. The Morgan fingerprint density at radius 1 is 1.26 bits per heavy atom. The van der Waals surface area contributed by atoms with Crippen LogP contribution in [0.15, 0.2) is 47.1 Å². The van der Waals surface area contributed by atoms with Crippen LogP contribution in [0.25, 0.3) is 0 Å². The molecule has 122 valence electrons. The summed E-state index contributed by atoms with van der Waals surface area (Å²) in [6, 6.07) is 10.1. The zero-order valence-corrected chi connectivity index (χ0v) is 14.0. The molecule has 2 rings (SSSR count). The first-order chi connectivity index (χ1) is 11.1. The number of rotatable bonds is 7. The van der Waals surface area contributed by atoms with Gasteiger partial charge in [-0.3, -0.25) is 9.59 Å². The fraction of sp³-hybridized carbons (Fsp3) is 0.294. The number of anilines is 1. The molecule has 23 heavy (non-hydrogen) atoms. The highest BCUT2D eigenvalue weighted by atomic mass is 32.2. The van der Waals surface area contributed by atoms with Crippen LogP contribution in [0.2, 0.25) is 0 Å². The van der Waals surface area contributed by atoms with Crippen molar-refractivity contribution in [2.24, 2.45) is 0 Å². The third kappa shape index (κ3) is 5.17. The van der Waals surface area contributed by atoms with Crippen LogP contribution in [0.4, 0.5) is 5.69 Å². The van der Waals surface area contributed by atoms with E-state index < -0.39 is 6.04 Å². The topological polar surface area (TPSA) is 71.3 Å². The second kappa shape index (κ2) is 8.43. The van der Waals surface area contributed by atoms with Gasteiger partial charge >= 0.3 is 0 Å². The standard InChI is InChI=1S/C17H20N2O3S/c1-12-5-3-6-13(11-12)18-16(20)14(8-10-23-2)19-17(21)15-7-4-9-22-15/h3-7,9,11,14H,8,10H2,1-2H3,(H,18,20)(H,19,21)/t14-/m0/s1. The van der Waals surface area contributed by atoms with Crippen LogP contribution in [0.1, 0.15) is 22.5 Å². The van der Waals surface area contributed by atoms with Crippen LogP contribution in [-0.4, -0.2) is 29.9 Å². The van der Waals surface area contributed by atoms with Gasteiger partial charge in [-0.25, -0.2) is 0 Å². The van der Waals surface area contributed by atoms with E-state index in [-0.39, 0.29) is 17.6 Å². The van der Waals surface area contributed by atoms with E-state index in [4.69, 9.17) is 4.42 Å². The van der Waals surface area contributed by atoms with Crippen molar-refractivity contribution in [3.8, 4) is 0 Å². The number of carbonyl (C=O) groups is 2. The zero-order valence-electron chi connectivity index (χ0n) is 13.2. The molecule has 0 bridgehead atoms. The molecule has 0 saturated carbocycles. The number of carbonyl (C=O) groups excluding carboxylic acids is 2. The lowest BCUT2D eigenvalue weighted by Gasteiger charge is -2.17. The number of hydrogen-bond donors (Lipinski definition) is 2. The Bertz CT molecular complexity index is 656. The van der Waals surface area contributed by atoms with E-state index in [1.165, 1.54) is 6.26 Å². The predicted molar refractivity (Wildman–Crippen MR) is 92.8 cm³/mol. The second-order valence-corrected chi connectivity index (χ2v) is 6.13. The molecule has 1 heterocycles. The highest BCUT2D eigenvalue weighted by Gasteiger charge is 2.22. The zero-order chi connectivity index (χ0) is 16.7. The number of hydrogen-bond acceptors (Lipinski definition) is 4. The number of furan rings is 1. The van der Waals surface area contributed by atoms with Crippen molar-refractivity contribution in [2.75, 3.05) is 17.3 Å². The molecule has 2 aromatic rings. The molecule has 6 heteroatoms. The summed E-state index contributed by atoms with van der Waals surface area (Å²) in [5, 5.41) is 5.58. The molecule has 1 aromatic heterocycles. The molecule has 2 N–H and O–H groups in total. The number of nitrogens with one attached hydrogen (secondary N) is 2. The van der Waals surface area contributed by atoms with Gasteiger partial charge in [-0.05, 0) is 55.2 Å². The maximum absolute atomic E-state index is 12.5. The summed E-state index contributed by atoms with van der Waals surface area (Å²) in [4.78, 5) is 24.6. The molecular formula is C17H20N2O3S. The van der Waals surface area contributed by atoms with Gasteiger partial charge in [-0.2, -0.15) is 11.8 Å². The molecule has 0 spiro atoms. The Labute approximate surface area is 139 Å². The third-order valence-electron chi connectivity index (χ3n) is 3.26. The lowest BCUT2D eigenvalue weighted by molar-refractivity contribution is -0.118. The summed E-state index contributed by atoms with van der Waals surface area (Å²) in [5.74, 6) is 0.345. The Hall–Kier alpha value is -2.21. The summed E-state index contributed by atoms with van der Waals surface area (Å²) < 4.78 is 5.07. The molecule has 0 fully saturated rings. The van der Waals surface area contributed by atoms with Gasteiger partial charge in [0.2, 0.25) is 5.91 Å². The first-order valence-corrected chi connectivity index (χ1v) is 8.70. The van der Waals surface area contributed by atoms with Gasteiger partial charge in [0.25, 0.3) is 5.91 Å². The Morgan fingerprint density at radius 3 is 2.74 bits per heavy atom. The van der Waals surface area contributed by atoms with Crippen molar-refractivity contribution in [1.29, 1.82) is 0 Å². The van der Waals surface area contributed by atoms with E-state index in [0.717, 1.165) is 17.0 Å². The third-order valence-corrected chi connectivity index (χ3v) is 3.91. The lowest BCUT2D eigenvalue weighted by atomic mass is 10.1. The average molecular weight is 332 g/mol. The average Bonchev–Trinajstić information content (AvgIpc) is 3.05. The normalized spacial score (nSPS) is 11.7. The van der Waals surface area contributed by atoms with Crippen LogP contribution < -0.4 is 10.6 Å². The summed E-state index contributed by atoms with van der Waals surface area (Å²) in [6.45, 7) is 1.96. The maximum Gasteiger partial charge on any atom is 0.287 e. The molecule has 1 atom stereocenters. The van der Waals surface area contributed by atoms with Crippen LogP contribution in [0.5, 0.6) is 0 Å². The molecule has 2 amide bonds. The Balaban J connectivity index is 2.04. The molecule has 0 aliphatic heterocycles. The number of amides is 2. The van der Waals surface area contributed by atoms with Crippen LogP contribution in [0.3, 0.4) is 0 Å². The van der Waals surface area contributed by atoms with Crippen molar-refractivity contribution >= 4 is 29.3 Å². The monoisotopic (exact) mass is 332 g/mol. The van der Waals surface area contributed by atoms with Gasteiger partial charge in [-0.1, -0.05) is 12.1 Å².